The summed E-state index contributed by atoms with van der Waals surface area (Å²) in [4.78, 5) is 45.3. The lowest BCUT2D eigenvalue weighted by molar-refractivity contribution is -0.156. The van der Waals surface area contributed by atoms with E-state index in [4.69, 9.17) is 10.2 Å². The molecule has 1 spiro atoms. The molecule has 0 radical (unpaired) electrons. The van der Waals surface area contributed by atoms with Gasteiger partial charge in [-0.1, -0.05) is 0 Å². The van der Waals surface area contributed by atoms with E-state index < -0.39 is 35.2 Å². The maximum Gasteiger partial charge on any atom is 0.407 e. The molecule has 0 aromatic heterocycles. The van der Waals surface area contributed by atoms with E-state index in [0.29, 0.717) is 0 Å². The first-order chi connectivity index (χ1) is 7.84. The van der Waals surface area contributed by atoms with Crippen molar-refractivity contribution in [3.8, 4) is 0 Å². The highest BCUT2D eigenvalue weighted by atomic mass is 16.4. The van der Waals surface area contributed by atoms with E-state index in [9.17, 15) is 19.2 Å². The quantitative estimate of drug-likeness (QED) is 0.481. The van der Waals surface area contributed by atoms with Crippen LogP contribution in [0.15, 0.2) is 0 Å². The summed E-state index contributed by atoms with van der Waals surface area (Å²) in [5, 5.41) is 19.8. The summed E-state index contributed by atoms with van der Waals surface area (Å²) in [6.07, 6.45) is -1.27. The van der Waals surface area contributed by atoms with E-state index >= 15 is 0 Å². The minimum Gasteiger partial charge on any atom is -0.480 e. The van der Waals surface area contributed by atoms with Gasteiger partial charge in [0.05, 0.1) is 5.54 Å². The van der Waals surface area contributed by atoms with Crippen molar-refractivity contribution in [3.63, 3.8) is 0 Å². The number of ketones is 1. The van der Waals surface area contributed by atoms with Crippen molar-refractivity contribution in [1.82, 2.24) is 10.2 Å². The van der Waals surface area contributed by atoms with E-state index in [2.05, 4.69) is 5.32 Å². The molecule has 2 aliphatic heterocycles. The third-order valence-corrected chi connectivity index (χ3v) is 2.99. The van der Waals surface area contributed by atoms with Crippen LogP contribution in [0.2, 0.25) is 0 Å². The molecule has 1 atom stereocenters. The number of hydrogen-bond donors (Lipinski definition) is 3. The number of rotatable bonds is 1. The Kier molecular flexibility index (Phi) is 2.30. The number of piperidine rings is 1. The van der Waals surface area contributed by atoms with Gasteiger partial charge in [0.1, 0.15) is 0 Å². The average Bonchev–Trinajstić information content (AvgIpc) is 2.11. The summed E-state index contributed by atoms with van der Waals surface area (Å²) in [7, 11) is 0. The van der Waals surface area contributed by atoms with Gasteiger partial charge in [0.2, 0.25) is 5.91 Å². The van der Waals surface area contributed by atoms with Crippen molar-refractivity contribution < 1.29 is 29.4 Å². The monoisotopic (exact) mass is 242 g/mol. The first kappa shape index (κ1) is 11.4. The van der Waals surface area contributed by atoms with Gasteiger partial charge in [0, 0.05) is 19.5 Å². The minimum absolute atomic E-state index is 0.0200. The number of hydrogen-bond acceptors (Lipinski definition) is 4. The highest BCUT2D eigenvalue weighted by Crippen LogP contribution is 2.30. The molecule has 92 valence electrons. The largest absolute Gasteiger partial charge is 0.480 e. The fourth-order valence-electron chi connectivity index (χ4n) is 2.22. The number of nitrogens with zero attached hydrogens (tertiary/aromatic N) is 1. The summed E-state index contributed by atoms with van der Waals surface area (Å²) >= 11 is 0. The number of aliphatic carboxylic acids is 1. The molecule has 17 heavy (non-hydrogen) atoms. The van der Waals surface area contributed by atoms with E-state index in [-0.39, 0.29) is 19.5 Å². The van der Waals surface area contributed by atoms with Crippen LogP contribution in [0, 0.1) is 5.92 Å². The van der Waals surface area contributed by atoms with Gasteiger partial charge >= 0.3 is 12.1 Å². The molecule has 2 amide bonds. The fraction of sp³-hybridized carbons (Fsp3) is 0.556. The molecular weight excluding hydrogens is 232 g/mol. The van der Waals surface area contributed by atoms with Crippen molar-refractivity contribution >= 4 is 23.8 Å². The molecule has 0 bridgehead atoms. The third-order valence-electron chi connectivity index (χ3n) is 2.99. The van der Waals surface area contributed by atoms with Gasteiger partial charge in [-0.05, 0) is 0 Å². The molecule has 8 nitrogen and oxygen atoms in total. The number of carbonyl (C=O) groups is 4. The predicted octanol–water partition coefficient (Wildman–Crippen LogP) is -1.49. The molecule has 2 rings (SSSR count). The summed E-state index contributed by atoms with van der Waals surface area (Å²) in [6.45, 7) is 0.0400. The Bertz CT molecular complexity index is 405. The van der Waals surface area contributed by atoms with Crippen molar-refractivity contribution in [2.45, 2.75) is 12.0 Å². The lowest BCUT2D eigenvalue weighted by Gasteiger charge is -2.51. The molecular formula is C9H10N2O6. The predicted molar refractivity (Wildman–Crippen MR) is 51.2 cm³/mol. The van der Waals surface area contributed by atoms with E-state index in [1.807, 2.05) is 0 Å². The van der Waals surface area contributed by atoms with E-state index in [1.165, 1.54) is 0 Å². The van der Waals surface area contributed by atoms with Gasteiger partial charge in [0.25, 0.3) is 0 Å². The van der Waals surface area contributed by atoms with Gasteiger partial charge in [-0.25, -0.2) is 4.79 Å². The van der Waals surface area contributed by atoms with Crippen molar-refractivity contribution in [2.75, 3.05) is 13.1 Å². The Morgan fingerprint density at radius 1 is 1.29 bits per heavy atom. The second-order valence-electron chi connectivity index (χ2n) is 4.32. The maximum atomic E-state index is 11.5. The zero-order chi connectivity index (χ0) is 12.8. The van der Waals surface area contributed by atoms with Crippen LogP contribution in [0.1, 0.15) is 6.42 Å². The Balaban J connectivity index is 2.09. The van der Waals surface area contributed by atoms with Crippen LogP contribution >= 0.6 is 0 Å². The summed E-state index contributed by atoms with van der Waals surface area (Å²) in [5.41, 5.74) is -0.904. The Labute approximate surface area is 95.2 Å². The van der Waals surface area contributed by atoms with E-state index in [0.717, 1.165) is 4.90 Å². The zero-order valence-electron chi connectivity index (χ0n) is 8.67. The summed E-state index contributed by atoms with van der Waals surface area (Å²) < 4.78 is 0. The molecule has 3 N–H and O–H groups in total. The number of likely N-dealkylation sites (tertiary alicyclic amines) is 1. The van der Waals surface area contributed by atoms with Crippen LogP contribution in [0.3, 0.4) is 0 Å². The van der Waals surface area contributed by atoms with Gasteiger partial charge in [0.15, 0.2) is 11.7 Å². The standard InChI is InChI=1S/C9H10N2O6/c12-4-1-9(2-11(3-9)8(16)17)10-6(13)5(4)7(14)15/h5H,1-3H2,(H,10,13)(H,14,15)(H,16,17). The molecule has 0 aromatic rings. The molecule has 0 saturated carbocycles. The zero-order valence-corrected chi connectivity index (χ0v) is 8.67. The van der Waals surface area contributed by atoms with Crippen molar-refractivity contribution in [3.05, 3.63) is 0 Å². The average molecular weight is 242 g/mol. The number of amides is 2. The van der Waals surface area contributed by atoms with Crippen molar-refractivity contribution in [1.29, 1.82) is 0 Å². The molecule has 2 fully saturated rings. The number of carboxylic acids is 1. The minimum atomic E-state index is -1.67. The van der Waals surface area contributed by atoms with Crippen LogP contribution in [0.25, 0.3) is 0 Å². The fourth-order valence-corrected chi connectivity index (χ4v) is 2.22. The molecule has 0 aliphatic carbocycles. The van der Waals surface area contributed by atoms with Gasteiger partial charge in [-0.3, -0.25) is 14.4 Å². The van der Waals surface area contributed by atoms with Crippen molar-refractivity contribution in [2.24, 2.45) is 5.92 Å². The highest BCUT2D eigenvalue weighted by Gasteiger charge is 2.54. The second-order valence-corrected chi connectivity index (χ2v) is 4.32. The lowest BCUT2D eigenvalue weighted by atomic mass is 9.77. The number of carbonyl (C=O) groups excluding carboxylic acids is 2. The maximum absolute atomic E-state index is 11.5. The third kappa shape index (κ3) is 1.71. The second kappa shape index (κ2) is 3.44. The Morgan fingerprint density at radius 3 is 2.29 bits per heavy atom. The molecule has 2 saturated heterocycles. The Hall–Kier alpha value is -2.12. The number of nitrogens with one attached hydrogen (secondary N) is 1. The van der Waals surface area contributed by atoms with Crippen LogP contribution in [0.5, 0.6) is 0 Å². The molecule has 2 heterocycles. The molecule has 2 aliphatic rings. The number of carboxylic acid groups (broad SMARTS) is 2. The molecule has 8 heteroatoms. The first-order valence-electron chi connectivity index (χ1n) is 4.90. The first-order valence-corrected chi connectivity index (χ1v) is 4.90. The van der Waals surface area contributed by atoms with Gasteiger partial charge in [-0.15, -0.1) is 0 Å². The lowest BCUT2D eigenvalue weighted by Crippen LogP contribution is -2.75. The van der Waals surface area contributed by atoms with Crippen LogP contribution in [-0.2, 0) is 14.4 Å². The van der Waals surface area contributed by atoms with Gasteiger partial charge in [-0.2, -0.15) is 0 Å². The smallest absolute Gasteiger partial charge is 0.407 e. The SMILES string of the molecule is O=C(O)C1C(=O)CC2(CN(C(=O)O)C2)NC1=O. The molecule has 1 unspecified atom stereocenters. The van der Waals surface area contributed by atoms with Crippen LogP contribution < -0.4 is 5.32 Å². The highest BCUT2D eigenvalue weighted by molar-refractivity contribution is 6.18. The van der Waals surface area contributed by atoms with Crippen LogP contribution in [0.4, 0.5) is 4.79 Å². The van der Waals surface area contributed by atoms with Gasteiger partial charge < -0.3 is 20.4 Å². The Morgan fingerprint density at radius 2 is 1.88 bits per heavy atom. The normalized spacial score (nSPS) is 26.4. The van der Waals surface area contributed by atoms with Crippen LogP contribution in [-0.4, -0.2) is 57.5 Å². The topological polar surface area (TPSA) is 124 Å². The molecule has 0 aromatic carbocycles. The van der Waals surface area contributed by atoms with E-state index in [1.54, 1.807) is 0 Å². The number of Topliss-reactive ketones (excluding diaryl/α,β-unsaturated/α-hetero) is 1. The summed E-state index contributed by atoms with van der Waals surface area (Å²) in [6, 6.07) is 0. The summed E-state index contributed by atoms with van der Waals surface area (Å²) in [5.74, 6) is -4.68.